The summed E-state index contributed by atoms with van der Waals surface area (Å²) < 4.78 is 0. The highest BCUT2D eigenvalue weighted by molar-refractivity contribution is 5.22. The molecular formula is C15H24O. The zero-order chi connectivity index (χ0) is 12.0. The summed E-state index contributed by atoms with van der Waals surface area (Å²) in [7, 11) is 0. The van der Waals surface area contributed by atoms with Gasteiger partial charge >= 0.3 is 0 Å². The van der Waals surface area contributed by atoms with Crippen LogP contribution >= 0.6 is 0 Å². The number of aryl methyl sites for hydroxylation is 1. The van der Waals surface area contributed by atoms with Crippen molar-refractivity contribution < 1.29 is 5.11 Å². The summed E-state index contributed by atoms with van der Waals surface area (Å²) in [4.78, 5) is 0. The molecule has 0 saturated carbocycles. The molecule has 0 radical (unpaired) electrons. The van der Waals surface area contributed by atoms with Gasteiger partial charge in [0.15, 0.2) is 0 Å². The fourth-order valence-corrected chi connectivity index (χ4v) is 2.32. The van der Waals surface area contributed by atoms with E-state index in [2.05, 4.69) is 45.0 Å². The molecule has 16 heavy (non-hydrogen) atoms. The smallest absolute Gasteiger partial charge is 0.0687 e. The number of benzene rings is 1. The summed E-state index contributed by atoms with van der Waals surface area (Å²) in [5, 5.41) is 10.5. The Morgan fingerprint density at radius 2 is 1.50 bits per heavy atom. The third kappa shape index (κ3) is 3.97. The van der Waals surface area contributed by atoms with Gasteiger partial charge in [0, 0.05) is 6.42 Å². The Morgan fingerprint density at radius 3 is 1.94 bits per heavy atom. The molecule has 1 N–H and O–H groups in total. The molecule has 0 aromatic heterocycles. The molecule has 0 aliphatic heterocycles. The predicted octanol–water partition coefficient (Wildman–Crippen LogP) is 3.87. The molecular weight excluding hydrogens is 196 g/mol. The van der Waals surface area contributed by atoms with Crippen LogP contribution in [-0.2, 0) is 6.42 Å². The van der Waals surface area contributed by atoms with Crippen LogP contribution in [0.2, 0.25) is 0 Å². The van der Waals surface area contributed by atoms with Crippen molar-refractivity contribution in [3.63, 3.8) is 0 Å². The van der Waals surface area contributed by atoms with E-state index in [1.807, 2.05) is 0 Å². The maximum absolute atomic E-state index is 10.5. The van der Waals surface area contributed by atoms with Gasteiger partial charge in [-0.25, -0.2) is 0 Å². The first-order chi connectivity index (χ1) is 7.59. The molecule has 0 fully saturated rings. The van der Waals surface area contributed by atoms with E-state index in [1.54, 1.807) is 0 Å². The second kappa shape index (κ2) is 6.05. The third-order valence-corrected chi connectivity index (χ3v) is 3.08. The van der Waals surface area contributed by atoms with Crippen molar-refractivity contribution in [2.75, 3.05) is 0 Å². The van der Waals surface area contributed by atoms with Gasteiger partial charge in [0.05, 0.1) is 5.60 Å². The monoisotopic (exact) mass is 220 g/mol. The lowest BCUT2D eigenvalue weighted by molar-refractivity contribution is 0.0216. The molecule has 0 saturated heterocycles. The van der Waals surface area contributed by atoms with Gasteiger partial charge in [0.1, 0.15) is 0 Å². The number of rotatable bonds is 6. The topological polar surface area (TPSA) is 20.2 Å². The van der Waals surface area contributed by atoms with Gasteiger partial charge in [-0.3, -0.25) is 0 Å². The lowest BCUT2D eigenvalue weighted by Crippen LogP contribution is -2.31. The molecule has 0 aliphatic carbocycles. The molecule has 1 nitrogen and oxygen atoms in total. The third-order valence-electron chi connectivity index (χ3n) is 3.08. The number of aliphatic hydroxyl groups is 1. The van der Waals surface area contributed by atoms with Gasteiger partial charge < -0.3 is 5.11 Å². The zero-order valence-electron chi connectivity index (χ0n) is 10.8. The van der Waals surface area contributed by atoms with E-state index in [1.165, 1.54) is 11.1 Å². The number of hydrogen-bond acceptors (Lipinski definition) is 1. The Labute approximate surface area is 99.5 Å². The Bertz CT molecular complexity index is 294. The molecule has 0 spiro atoms. The van der Waals surface area contributed by atoms with E-state index < -0.39 is 5.60 Å². The Morgan fingerprint density at radius 1 is 1.00 bits per heavy atom. The van der Waals surface area contributed by atoms with Crippen molar-refractivity contribution in [1.82, 2.24) is 0 Å². The molecule has 1 aromatic carbocycles. The average Bonchev–Trinajstić information content (AvgIpc) is 2.22. The van der Waals surface area contributed by atoms with Crippen LogP contribution in [0.3, 0.4) is 0 Å². The minimum atomic E-state index is -0.501. The van der Waals surface area contributed by atoms with Crippen LogP contribution in [0.5, 0.6) is 0 Å². The fourth-order valence-electron chi connectivity index (χ4n) is 2.32. The van der Waals surface area contributed by atoms with E-state index in [0.717, 1.165) is 32.1 Å². The van der Waals surface area contributed by atoms with Gasteiger partial charge in [-0.1, -0.05) is 56.5 Å². The molecule has 1 aromatic rings. The molecule has 0 bridgehead atoms. The highest BCUT2D eigenvalue weighted by Gasteiger charge is 2.24. The summed E-state index contributed by atoms with van der Waals surface area (Å²) in [6, 6.07) is 8.50. The quantitative estimate of drug-likeness (QED) is 0.771. The van der Waals surface area contributed by atoms with E-state index >= 15 is 0 Å². The summed E-state index contributed by atoms with van der Waals surface area (Å²) in [6.07, 6.45) is 4.67. The van der Waals surface area contributed by atoms with E-state index in [-0.39, 0.29) is 0 Å². The minimum Gasteiger partial charge on any atom is -0.390 e. The fraction of sp³-hybridized carbons (Fsp3) is 0.600. The summed E-state index contributed by atoms with van der Waals surface area (Å²) in [6.45, 7) is 6.36. The largest absolute Gasteiger partial charge is 0.390 e. The maximum Gasteiger partial charge on any atom is 0.0687 e. The summed E-state index contributed by atoms with van der Waals surface area (Å²) >= 11 is 0. The SMILES string of the molecule is CCCC(O)(CCC)Cc1ccc(C)cc1. The Balaban J connectivity index is 2.70. The molecule has 1 heteroatoms. The molecule has 90 valence electrons. The lowest BCUT2D eigenvalue weighted by atomic mass is 9.86. The van der Waals surface area contributed by atoms with Crippen LogP contribution in [0.15, 0.2) is 24.3 Å². The summed E-state index contributed by atoms with van der Waals surface area (Å²) in [5.74, 6) is 0. The second-order valence-corrected chi connectivity index (χ2v) is 4.89. The first-order valence-electron chi connectivity index (χ1n) is 6.37. The molecule has 0 amide bonds. The normalized spacial score (nSPS) is 11.8. The van der Waals surface area contributed by atoms with E-state index in [4.69, 9.17) is 0 Å². The van der Waals surface area contributed by atoms with Crippen molar-refractivity contribution in [1.29, 1.82) is 0 Å². The molecule has 0 unspecified atom stereocenters. The lowest BCUT2D eigenvalue weighted by Gasteiger charge is -2.27. The molecule has 0 heterocycles. The van der Waals surface area contributed by atoms with Gasteiger partial charge in [-0.15, -0.1) is 0 Å². The van der Waals surface area contributed by atoms with Gasteiger partial charge in [0.2, 0.25) is 0 Å². The van der Waals surface area contributed by atoms with Gasteiger partial charge in [0.25, 0.3) is 0 Å². The zero-order valence-corrected chi connectivity index (χ0v) is 10.8. The molecule has 0 aliphatic rings. The van der Waals surface area contributed by atoms with Crippen LogP contribution < -0.4 is 0 Å². The van der Waals surface area contributed by atoms with Crippen molar-refractivity contribution in [3.8, 4) is 0 Å². The van der Waals surface area contributed by atoms with Crippen molar-refractivity contribution in [3.05, 3.63) is 35.4 Å². The highest BCUT2D eigenvalue weighted by atomic mass is 16.3. The standard InChI is InChI=1S/C15H24O/c1-4-10-15(16,11-5-2)12-14-8-6-13(3)7-9-14/h6-9,16H,4-5,10-12H2,1-3H3. The predicted molar refractivity (Wildman–Crippen MR) is 69.6 cm³/mol. The van der Waals surface area contributed by atoms with E-state index in [9.17, 15) is 5.11 Å². The van der Waals surface area contributed by atoms with Gasteiger partial charge in [-0.05, 0) is 25.3 Å². The second-order valence-electron chi connectivity index (χ2n) is 4.89. The highest BCUT2D eigenvalue weighted by Crippen LogP contribution is 2.24. The van der Waals surface area contributed by atoms with Gasteiger partial charge in [-0.2, -0.15) is 0 Å². The van der Waals surface area contributed by atoms with Crippen LogP contribution in [0.25, 0.3) is 0 Å². The van der Waals surface area contributed by atoms with E-state index in [0.29, 0.717) is 0 Å². The minimum absolute atomic E-state index is 0.501. The first kappa shape index (κ1) is 13.2. The van der Waals surface area contributed by atoms with Crippen LogP contribution in [0.4, 0.5) is 0 Å². The molecule has 0 atom stereocenters. The average molecular weight is 220 g/mol. The number of hydrogen-bond donors (Lipinski definition) is 1. The summed E-state index contributed by atoms with van der Waals surface area (Å²) in [5.41, 5.74) is 2.02. The molecule has 1 rings (SSSR count). The van der Waals surface area contributed by atoms with Crippen LogP contribution in [0.1, 0.15) is 50.7 Å². The van der Waals surface area contributed by atoms with Crippen LogP contribution in [-0.4, -0.2) is 10.7 Å². The Hall–Kier alpha value is -0.820. The maximum atomic E-state index is 10.5. The van der Waals surface area contributed by atoms with Crippen molar-refractivity contribution >= 4 is 0 Å². The Kier molecular flexibility index (Phi) is 5.01. The van der Waals surface area contributed by atoms with Crippen molar-refractivity contribution in [2.45, 2.75) is 58.5 Å². The van der Waals surface area contributed by atoms with Crippen molar-refractivity contribution in [2.24, 2.45) is 0 Å². The first-order valence-corrected chi connectivity index (χ1v) is 6.37. The van der Waals surface area contributed by atoms with Crippen LogP contribution in [0, 0.1) is 6.92 Å².